The van der Waals surface area contributed by atoms with Crippen molar-refractivity contribution < 1.29 is 4.74 Å². The van der Waals surface area contributed by atoms with Crippen LogP contribution < -0.4 is 16.0 Å². The van der Waals surface area contributed by atoms with Crippen molar-refractivity contribution in [1.82, 2.24) is 10.2 Å². The summed E-state index contributed by atoms with van der Waals surface area (Å²) < 4.78 is 5.10. The molecule has 1 heterocycles. The number of ether oxygens (including phenoxy) is 1. The Hall–Kier alpha value is -1.88. The third-order valence-corrected chi connectivity index (χ3v) is 2.01. The number of nitrogen functional groups attached to an aromatic ring is 1. The molecule has 1 aromatic carbocycles. The minimum absolute atomic E-state index is 0.543. The molecule has 2 rings (SSSR count). The maximum absolute atomic E-state index is 5.31. The third kappa shape index (κ3) is 1.33. The second-order valence-electron chi connectivity index (χ2n) is 2.79. The van der Waals surface area contributed by atoms with E-state index in [1.165, 1.54) is 0 Å². The van der Waals surface area contributed by atoms with Gasteiger partial charge in [0.1, 0.15) is 5.75 Å². The van der Waals surface area contributed by atoms with Gasteiger partial charge >= 0.3 is 0 Å². The van der Waals surface area contributed by atoms with Gasteiger partial charge in [-0.2, -0.15) is 5.10 Å². The zero-order valence-corrected chi connectivity index (χ0v) is 7.69. The fourth-order valence-corrected chi connectivity index (χ4v) is 1.29. The average molecular weight is 190 g/mol. The number of benzene rings is 1. The number of nitrogens with two attached hydrogens (primary N) is 1. The van der Waals surface area contributed by atoms with E-state index in [-0.39, 0.29) is 0 Å². The first-order valence-electron chi connectivity index (χ1n) is 4.11. The van der Waals surface area contributed by atoms with Gasteiger partial charge in [-0.15, -0.1) is 5.10 Å². The van der Waals surface area contributed by atoms with Crippen LogP contribution >= 0.6 is 0 Å². The Morgan fingerprint density at radius 1 is 1.43 bits per heavy atom. The van der Waals surface area contributed by atoms with E-state index in [2.05, 4.69) is 15.6 Å². The summed E-state index contributed by atoms with van der Waals surface area (Å²) in [5, 5.41) is 9.52. The number of aromatic nitrogens is 2. The van der Waals surface area contributed by atoms with E-state index >= 15 is 0 Å². The van der Waals surface area contributed by atoms with Crippen LogP contribution in [0.5, 0.6) is 5.75 Å². The lowest BCUT2D eigenvalue weighted by molar-refractivity contribution is 0.415. The second kappa shape index (κ2) is 3.47. The van der Waals surface area contributed by atoms with Crippen LogP contribution in [0.1, 0.15) is 0 Å². The molecule has 0 fully saturated rings. The molecular weight excluding hydrogens is 180 g/mol. The molecule has 3 N–H and O–H groups in total. The van der Waals surface area contributed by atoms with Crippen molar-refractivity contribution in [1.29, 1.82) is 0 Å². The van der Waals surface area contributed by atoms with Gasteiger partial charge in [0.15, 0.2) is 5.82 Å². The maximum Gasteiger partial charge on any atom is 0.170 e. The lowest BCUT2D eigenvalue weighted by Gasteiger charge is -2.05. The Bertz CT molecular complexity index is 458. The van der Waals surface area contributed by atoms with E-state index in [1.54, 1.807) is 13.3 Å². The largest absolute Gasteiger partial charge is 0.497 e. The normalized spacial score (nSPS) is 10.1. The Morgan fingerprint density at radius 2 is 2.29 bits per heavy atom. The fourth-order valence-electron chi connectivity index (χ4n) is 1.29. The average Bonchev–Trinajstić information content (AvgIpc) is 2.27. The summed E-state index contributed by atoms with van der Waals surface area (Å²) in [4.78, 5) is 0. The predicted molar refractivity (Wildman–Crippen MR) is 53.9 cm³/mol. The lowest BCUT2D eigenvalue weighted by Crippen LogP contribution is -2.09. The van der Waals surface area contributed by atoms with Gasteiger partial charge < -0.3 is 10.2 Å². The molecule has 0 amide bonds. The topological polar surface area (TPSA) is 73.1 Å². The van der Waals surface area contributed by atoms with Gasteiger partial charge in [-0.05, 0) is 18.2 Å². The first kappa shape index (κ1) is 8.71. The molecule has 0 bridgehead atoms. The Morgan fingerprint density at radius 3 is 3.00 bits per heavy atom. The van der Waals surface area contributed by atoms with Crippen LogP contribution in [0, 0.1) is 0 Å². The zero-order chi connectivity index (χ0) is 9.97. The summed E-state index contributed by atoms with van der Waals surface area (Å²) in [7, 11) is 1.62. The summed E-state index contributed by atoms with van der Waals surface area (Å²) in [6, 6.07) is 5.63. The summed E-state index contributed by atoms with van der Waals surface area (Å²) in [6.07, 6.45) is 1.68. The molecule has 5 heteroatoms. The molecule has 14 heavy (non-hydrogen) atoms. The van der Waals surface area contributed by atoms with Crippen LogP contribution in [-0.4, -0.2) is 17.3 Å². The molecule has 0 spiro atoms. The van der Waals surface area contributed by atoms with Crippen molar-refractivity contribution in [2.75, 3.05) is 12.5 Å². The van der Waals surface area contributed by atoms with Gasteiger partial charge in [0.2, 0.25) is 0 Å². The Kier molecular flexibility index (Phi) is 2.16. The number of nitrogens with one attached hydrogen (secondary N) is 1. The first-order chi connectivity index (χ1) is 6.85. The molecule has 0 aliphatic carbocycles. The van der Waals surface area contributed by atoms with Gasteiger partial charge in [0.25, 0.3) is 0 Å². The van der Waals surface area contributed by atoms with Crippen molar-refractivity contribution in [2.24, 2.45) is 5.84 Å². The molecule has 0 aliphatic heterocycles. The van der Waals surface area contributed by atoms with Crippen molar-refractivity contribution in [3.63, 3.8) is 0 Å². The highest BCUT2D eigenvalue weighted by molar-refractivity contribution is 5.91. The van der Waals surface area contributed by atoms with Gasteiger partial charge in [-0.1, -0.05) is 0 Å². The van der Waals surface area contributed by atoms with Crippen LogP contribution in [-0.2, 0) is 0 Å². The van der Waals surface area contributed by atoms with Crippen molar-refractivity contribution in [3.8, 4) is 5.75 Å². The van der Waals surface area contributed by atoms with E-state index in [9.17, 15) is 0 Å². The minimum atomic E-state index is 0.543. The quantitative estimate of drug-likeness (QED) is 0.544. The molecule has 0 unspecified atom stereocenters. The number of hydrazine groups is 1. The lowest BCUT2D eigenvalue weighted by atomic mass is 10.2. The summed E-state index contributed by atoms with van der Waals surface area (Å²) >= 11 is 0. The predicted octanol–water partition coefficient (Wildman–Crippen LogP) is 0.924. The number of hydrogen-bond donors (Lipinski definition) is 2. The molecule has 0 aliphatic rings. The summed E-state index contributed by atoms with van der Waals surface area (Å²) in [5.41, 5.74) is 2.49. The van der Waals surface area contributed by atoms with Crippen LogP contribution in [0.2, 0.25) is 0 Å². The van der Waals surface area contributed by atoms with E-state index < -0.39 is 0 Å². The fraction of sp³-hybridized carbons (Fsp3) is 0.111. The van der Waals surface area contributed by atoms with E-state index in [4.69, 9.17) is 10.6 Å². The molecule has 0 radical (unpaired) electrons. The van der Waals surface area contributed by atoms with Crippen molar-refractivity contribution in [2.45, 2.75) is 0 Å². The number of methoxy groups -OCH3 is 1. The minimum Gasteiger partial charge on any atom is -0.497 e. The maximum atomic E-state index is 5.31. The van der Waals surface area contributed by atoms with Crippen molar-refractivity contribution >= 4 is 16.6 Å². The molecule has 1 aromatic heterocycles. The van der Waals surface area contributed by atoms with Gasteiger partial charge in [-0.3, -0.25) is 0 Å². The van der Waals surface area contributed by atoms with Crippen LogP contribution in [0.3, 0.4) is 0 Å². The van der Waals surface area contributed by atoms with Crippen LogP contribution in [0.4, 0.5) is 5.82 Å². The standard InChI is InChI=1S/C9H10N4O/c1-14-7-3-2-6-5-11-13-9(12-10)8(6)4-7/h2-5H,10H2,1H3,(H,12,13). The van der Waals surface area contributed by atoms with Crippen LogP contribution in [0.25, 0.3) is 10.8 Å². The van der Waals surface area contributed by atoms with E-state index in [0.29, 0.717) is 5.82 Å². The number of fused-ring (bicyclic) bond motifs is 1. The molecule has 0 saturated carbocycles. The summed E-state index contributed by atoms with van der Waals surface area (Å²) in [5.74, 6) is 6.62. The third-order valence-electron chi connectivity index (χ3n) is 2.01. The molecule has 5 nitrogen and oxygen atoms in total. The first-order valence-corrected chi connectivity index (χ1v) is 4.11. The monoisotopic (exact) mass is 190 g/mol. The highest BCUT2D eigenvalue weighted by Gasteiger charge is 2.02. The number of rotatable bonds is 2. The van der Waals surface area contributed by atoms with Crippen molar-refractivity contribution in [3.05, 3.63) is 24.4 Å². The molecule has 0 saturated heterocycles. The molecular formula is C9H10N4O. The molecule has 2 aromatic rings. The van der Waals surface area contributed by atoms with Gasteiger partial charge in [0.05, 0.1) is 13.3 Å². The smallest absolute Gasteiger partial charge is 0.170 e. The van der Waals surface area contributed by atoms with Gasteiger partial charge in [0, 0.05) is 10.8 Å². The number of hydrogen-bond acceptors (Lipinski definition) is 5. The highest BCUT2D eigenvalue weighted by Crippen LogP contribution is 2.23. The Balaban J connectivity index is 2.70. The molecule has 0 atom stereocenters. The van der Waals surface area contributed by atoms with Gasteiger partial charge in [-0.25, -0.2) is 5.84 Å². The number of nitrogens with zero attached hydrogens (tertiary/aromatic N) is 2. The second-order valence-corrected chi connectivity index (χ2v) is 2.79. The van der Waals surface area contributed by atoms with E-state index in [1.807, 2.05) is 18.2 Å². The molecule has 72 valence electrons. The van der Waals surface area contributed by atoms with E-state index in [0.717, 1.165) is 16.5 Å². The summed E-state index contributed by atoms with van der Waals surface area (Å²) in [6.45, 7) is 0. The van der Waals surface area contributed by atoms with Crippen LogP contribution in [0.15, 0.2) is 24.4 Å². The SMILES string of the molecule is COc1ccc2cnnc(NN)c2c1. The number of anilines is 1. The Labute approximate surface area is 80.9 Å². The highest BCUT2D eigenvalue weighted by atomic mass is 16.5. The zero-order valence-electron chi connectivity index (χ0n) is 7.69.